The summed E-state index contributed by atoms with van der Waals surface area (Å²) >= 11 is 0. The van der Waals surface area contributed by atoms with Crippen LogP contribution in [0.15, 0.2) is 36.8 Å². The molecule has 38 heavy (non-hydrogen) atoms. The van der Waals surface area contributed by atoms with E-state index in [0.717, 1.165) is 55.7 Å². The average Bonchev–Trinajstić information content (AvgIpc) is 3.55. The monoisotopic (exact) mass is 520 g/mol. The molecule has 8 heteroatoms. The number of imidazole rings is 1. The van der Waals surface area contributed by atoms with Crippen molar-refractivity contribution >= 4 is 5.97 Å². The average molecular weight is 521 g/mol. The number of aromatic nitrogens is 5. The van der Waals surface area contributed by atoms with Crippen LogP contribution in [0.2, 0.25) is 0 Å². The molecule has 1 N–H and O–H groups in total. The first-order valence-corrected chi connectivity index (χ1v) is 14.1. The lowest BCUT2D eigenvalue weighted by Crippen LogP contribution is -2.34. The molecular formula is C30H44N6O2. The van der Waals surface area contributed by atoms with Crippen LogP contribution in [-0.4, -0.2) is 53.6 Å². The molecule has 0 spiro atoms. The molecule has 0 bridgehead atoms. The Hall–Kier alpha value is -3.00. The van der Waals surface area contributed by atoms with Crippen LogP contribution in [0.1, 0.15) is 87.5 Å². The quantitative estimate of drug-likeness (QED) is 0.349. The number of carboxylic acids is 1. The summed E-state index contributed by atoms with van der Waals surface area (Å²) in [6.45, 7) is 14.8. The van der Waals surface area contributed by atoms with E-state index in [0.29, 0.717) is 12.8 Å². The van der Waals surface area contributed by atoms with Crippen molar-refractivity contribution in [2.24, 2.45) is 11.3 Å². The fourth-order valence-corrected chi connectivity index (χ4v) is 5.64. The Balaban J connectivity index is 1.53. The normalized spacial score (nSPS) is 16.1. The number of carbonyl (C=O) groups is 1. The number of benzene rings is 1. The van der Waals surface area contributed by atoms with Crippen molar-refractivity contribution in [1.82, 2.24) is 29.4 Å². The highest BCUT2D eigenvalue weighted by Gasteiger charge is 2.38. The molecule has 0 saturated carbocycles. The fraction of sp³-hybridized carbons (Fsp3) is 0.600. The third kappa shape index (κ3) is 6.52. The summed E-state index contributed by atoms with van der Waals surface area (Å²) in [5.74, 6) is 1.00. The zero-order valence-corrected chi connectivity index (χ0v) is 23.7. The first kappa shape index (κ1) is 28.0. The Kier molecular flexibility index (Phi) is 9.03. The molecular weight excluding hydrogens is 476 g/mol. The van der Waals surface area contributed by atoms with Crippen LogP contribution in [-0.2, 0) is 30.8 Å². The van der Waals surface area contributed by atoms with Gasteiger partial charge in [-0.2, -0.15) is 0 Å². The van der Waals surface area contributed by atoms with Gasteiger partial charge < -0.3 is 9.67 Å². The minimum Gasteiger partial charge on any atom is -0.481 e. The summed E-state index contributed by atoms with van der Waals surface area (Å²) < 4.78 is 4.06. The van der Waals surface area contributed by atoms with E-state index < -0.39 is 11.4 Å². The van der Waals surface area contributed by atoms with E-state index in [4.69, 9.17) is 4.98 Å². The van der Waals surface area contributed by atoms with Gasteiger partial charge in [-0.25, -0.2) is 4.98 Å². The lowest BCUT2D eigenvalue weighted by Gasteiger charge is -2.32. The molecule has 3 aromatic rings. The summed E-state index contributed by atoms with van der Waals surface area (Å²) in [5.41, 5.74) is 3.45. The minimum absolute atomic E-state index is 0.159. The van der Waals surface area contributed by atoms with Crippen LogP contribution < -0.4 is 0 Å². The van der Waals surface area contributed by atoms with Gasteiger partial charge >= 0.3 is 5.97 Å². The number of aliphatic carboxylic acids is 1. The van der Waals surface area contributed by atoms with Crippen molar-refractivity contribution in [1.29, 1.82) is 0 Å². The lowest BCUT2D eigenvalue weighted by atomic mass is 9.72. The molecule has 1 atom stereocenters. The topological polar surface area (TPSA) is 89.1 Å². The van der Waals surface area contributed by atoms with Crippen molar-refractivity contribution in [3.63, 3.8) is 0 Å². The second-order valence-corrected chi connectivity index (χ2v) is 11.5. The molecule has 1 aliphatic rings. The molecule has 1 saturated heterocycles. The molecule has 3 heterocycles. The van der Waals surface area contributed by atoms with Crippen LogP contribution in [0.5, 0.6) is 0 Å². The SMILES string of the molecule is CCC1CCN(Cc2nccn2Cc2cc(C(CCc3cn(CC)nn3)C(C)(C)C(=O)O)ccc2C)CC1. The van der Waals surface area contributed by atoms with E-state index in [2.05, 4.69) is 58.0 Å². The van der Waals surface area contributed by atoms with Gasteiger partial charge in [-0.05, 0) is 95.0 Å². The Morgan fingerprint density at radius 1 is 1.18 bits per heavy atom. The number of nitrogens with zero attached hydrogens (tertiary/aromatic N) is 6. The maximum absolute atomic E-state index is 12.3. The second kappa shape index (κ2) is 12.2. The van der Waals surface area contributed by atoms with Gasteiger partial charge in [0.1, 0.15) is 5.82 Å². The third-order valence-corrected chi connectivity index (χ3v) is 8.59. The van der Waals surface area contributed by atoms with Gasteiger partial charge in [-0.3, -0.25) is 14.4 Å². The van der Waals surface area contributed by atoms with E-state index in [1.807, 2.05) is 37.8 Å². The largest absolute Gasteiger partial charge is 0.481 e. The van der Waals surface area contributed by atoms with Gasteiger partial charge in [0.05, 0.1) is 17.7 Å². The molecule has 1 aromatic carbocycles. The predicted octanol–water partition coefficient (Wildman–Crippen LogP) is 5.30. The Morgan fingerprint density at radius 2 is 1.95 bits per heavy atom. The number of hydrogen-bond acceptors (Lipinski definition) is 5. The van der Waals surface area contributed by atoms with E-state index >= 15 is 0 Å². The van der Waals surface area contributed by atoms with Gasteiger partial charge in [0.15, 0.2) is 0 Å². The first-order valence-electron chi connectivity index (χ1n) is 14.1. The molecule has 0 aliphatic carbocycles. The number of piperidine rings is 1. The highest BCUT2D eigenvalue weighted by molar-refractivity contribution is 5.75. The van der Waals surface area contributed by atoms with Crippen molar-refractivity contribution < 1.29 is 9.90 Å². The van der Waals surface area contributed by atoms with E-state index in [9.17, 15) is 9.90 Å². The maximum Gasteiger partial charge on any atom is 0.309 e. The number of aryl methyl sites for hydroxylation is 3. The number of hydrogen-bond donors (Lipinski definition) is 1. The van der Waals surface area contributed by atoms with E-state index in [1.54, 1.807) is 0 Å². The maximum atomic E-state index is 12.3. The number of rotatable bonds is 12. The van der Waals surface area contributed by atoms with Crippen molar-refractivity contribution in [2.75, 3.05) is 13.1 Å². The van der Waals surface area contributed by atoms with Gasteiger partial charge in [-0.15, -0.1) is 5.10 Å². The summed E-state index contributed by atoms with van der Waals surface area (Å²) in [4.78, 5) is 19.5. The van der Waals surface area contributed by atoms with E-state index in [-0.39, 0.29) is 5.92 Å². The molecule has 8 nitrogen and oxygen atoms in total. The van der Waals surface area contributed by atoms with Gasteiger partial charge in [0.2, 0.25) is 0 Å². The van der Waals surface area contributed by atoms with Gasteiger partial charge in [0.25, 0.3) is 0 Å². The highest BCUT2D eigenvalue weighted by Crippen LogP contribution is 2.40. The summed E-state index contributed by atoms with van der Waals surface area (Å²) in [6.07, 6.45) is 11.1. The molecule has 2 aromatic heterocycles. The Bertz CT molecular complexity index is 1210. The predicted molar refractivity (Wildman–Crippen MR) is 149 cm³/mol. The summed E-state index contributed by atoms with van der Waals surface area (Å²) in [6, 6.07) is 6.45. The zero-order chi connectivity index (χ0) is 27.3. The molecule has 0 radical (unpaired) electrons. The van der Waals surface area contributed by atoms with Crippen molar-refractivity contribution in [2.45, 2.75) is 92.3 Å². The van der Waals surface area contributed by atoms with Gasteiger partial charge in [0, 0.05) is 31.7 Å². The lowest BCUT2D eigenvalue weighted by molar-refractivity contribution is -0.148. The van der Waals surface area contributed by atoms with Gasteiger partial charge in [-0.1, -0.05) is 36.8 Å². The highest BCUT2D eigenvalue weighted by atomic mass is 16.4. The first-order chi connectivity index (χ1) is 18.2. The van der Waals surface area contributed by atoms with Crippen LogP contribution >= 0.6 is 0 Å². The van der Waals surface area contributed by atoms with Crippen LogP contribution in [0.4, 0.5) is 0 Å². The second-order valence-electron chi connectivity index (χ2n) is 11.5. The smallest absolute Gasteiger partial charge is 0.309 e. The molecule has 1 aliphatic heterocycles. The fourth-order valence-electron chi connectivity index (χ4n) is 5.64. The van der Waals surface area contributed by atoms with Crippen molar-refractivity contribution in [3.05, 3.63) is 65.0 Å². The zero-order valence-electron chi connectivity index (χ0n) is 23.7. The van der Waals surface area contributed by atoms with E-state index in [1.165, 1.54) is 30.4 Å². The summed E-state index contributed by atoms with van der Waals surface area (Å²) in [5, 5.41) is 18.5. The van der Waals surface area contributed by atoms with Crippen molar-refractivity contribution in [3.8, 4) is 0 Å². The van der Waals surface area contributed by atoms with Crippen LogP contribution in [0.25, 0.3) is 0 Å². The number of carboxylic acid groups (broad SMARTS) is 1. The Labute approximate surface area is 227 Å². The summed E-state index contributed by atoms with van der Waals surface area (Å²) in [7, 11) is 0. The molecule has 1 fully saturated rings. The minimum atomic E-state index is -0.919. The Morgan fingerprint density at radius 3 is 2.61 bits per heavy atom. The molecule has 206 valence electrons. The third-order valence-electron chi connectivity index (χ3n) is 8.59. The molecule has 1 unspecified atom stereocenters. The number of likely N-dealkylation sites (tertiary alicyclic amines) is 1. The standard InChI is InChI=1S/C30H44N6O2/c1-6-23-12-15-34(16-13-23)21-28-31-14-17-35(28)19-25-18-24(9-8-22(25)3)27(30(4,5)29(37)38)11-10-26-20-36(7-2)33-32-26/h8-9,14,17-18,20,23,27H,6-7,10-13,15-16,19,21H2,1-5H3,(H,37,38). The van der Waals surface area contributed by atoms with Crippen LogP contribution in [0.3, 0.4) is 0 Å². The molecule has 4 rings (SSSR count). The van der Waals surface area contributed by atoms with Crippen LogP contribution in [0, 0.1) is 18.3 Å². The molecule has 0 amide bonds.